The smallest absolute Gasteiger partial charge is 0.242 e. The Labute approximate surface area is 103 Å². The Hall–Kier alpha value is -0.420. The predicted molar refractivity (Wildman–Crippen MR) is 66.9 cm³/mol. The normalized spacial score (nSPS) is 12.3. The van der Waals surface area contributed by atoms with Gasteiger partial charge in [0, 0.05) is 21.5 Å². The van der Waals surface area contributed by atoms with E-state index < -0.39 is 6.04 Å². The number of carbonyl (C=O) groups excluding carboxylic acids is 1. The molecule has 1 aromatic rings. The van der Waals surface area contributed by atoms with Gasteiger partial charge in [0.2, 0.25) is 5.91 Å². The molecule has 0 fully saturated rings. The van der Waals surface area contributed by atoms with Crippen LogP contribution in [-0.4, -0.2) is 17.7 Å². The van der Waals surface area contributed by atoms with Gasteiger partial charge in [0.1, 0.15) is 0 Å². The van der Waals surface area contributed by atoms with Crippen LogP contribution in [0.3, 0.4) is 0 Å². The molecule has 0 heterocycles. The molecule has 0 aliphatic carbocycles. The summed E-state index contributed by atoms with van der Waals surface area (Å²) in [6.07, 6.45) is 0. The maximum atomic E-state index is 11.4. The van der Waals surface area contributed by atoms with E-state index in [9.17, 15) is 4.79 Å². The van der Waals surface area contributed by atoms with Crippen molar-refractivity contribution in [2.45, 2.75) is 6.04 Å². The van der Waals surface area contributed by atoms with Crippen LogP contribution in [-0.2, 0) is 4.79 Å². The van der Waals surface area contributed by atoms with E-state index in [0.29, 0.717) is 15.7 Å². The molecule has 1 atom stereocenters. The molecule has 0 radical (unpaired) electrons. The zero-order valence-electron chi connectivity index (χ0n) is 7.71. The summed E-state index contributed by atoms with van der Waals surface area (Å²) < 4.78 is 0. The van der Waals surface area contributed by atoms with E-state index in [1.165, 1.54) is 0 Å². The topological polar surface area (TPSA) is 55.1 Å². The van der Waals surface area contributed by atoms with Gasteiger partial charge in [-0.3, -0.25) is 4.79 Å². The average molecular weight is 265 g/mol. The van der Waals surface area contributed by atoms with E-state index in [-0.39, 0.29) is 11.7 Å². The lowest BCUT2D eigenvalue weighted by Gasteiger charge is -2.10. The number of carbonyl (C=O) groups is 1. The van der Waals surface area contributed by atoms with Crippen molar-refractivity contribution < 1.29 is 4.79 Å². The minimum atomic E-state index is -0.647. The second-order valence-electron chi connectivity index (χ2n) is 2.94. The molecule has 1 aromatic carbocycles. The number of nitrogens with one attached hydrogen (secondary N) is 1. The van der Waals surface area contributed by atoms with E-state index in [0.717, 1.165) is 0 Å². The third-order valence-electron chi connectivity index (χ3n) is 1.66. The summed E-state index contributed by atoms with van der Waals surface area (Å²) in [5.74, 6) is -0.0385. The van der Waals surface area contributed by atoms with E-state index in [1.54, 1.807) is 18.2 Å². The van der Waals surface area contributed by atoms with E-state index in [4.69, 9.17) is 28.9 Å². The number of benzene rings is 1. The largest absolute Gasteiger partial charge is 0.325 e. The van der Waals surface area contributed by atoms with Gasteiger partial charge in [-0.15, -0.1) is 0 Å². The molecule has 0 aliphatic rings. The van der Waals surface area contributed by atoms with Crippen molar-refractivity contribution in [1.29, 1.82) is 0 Å². The number of rotatable bonds is 3. The van der Waals surface area contributed by atoms with Crippen LogP contribution in [0, 0.1) is 0 Å². The number of thiol groups is 1. The van der Waals surface area contributed by atoms with E-state index in [2.05, 4.69) is 17.9 Å². The number of amides is 1. The zero-order valence-corrected chi connectivity index (χ0v) is 10.1. The molecule has 0 spiro atoms. The zero-order chi connectivity index (χ0) is 11.4. The molecule has 6 heteroatoms. The fourth-order valence-corrected chi connectivity index (χ4v) is 1.64. The fraction of sp³-hybridized carbons (Fsp3) is 0.222. The summed E-state index contributed by atoms with van der Waals surface area (Å²) >= 11 is 15.5. The number of nitrogens with two attached hydrogens (primary N) is 1. The highest BCUT2D eigenvalue weighted by Crippen LogP contribution is 2.22. The Morgan fingerprint density at radius 3 is 2.40 bits per heavy atom. The van der Waals surface area contributed by atoms with Crippen LogP contribution in [0.1, 0.15) is 0 Å². The van der Waals surface area contributed by atoms with Crippen molar-refractivity contribution in [3.63, 3.8) is 0 Å². The summed E-state index contributed by atoms with van der Waals surface area (Å²) in [5, 5.41) is 3.50. The first-order valence-corrected chi connectivity index (χ1v) is 5.55. The van der Waals surface area contributed by atoms with Gasteiger partial charge in [-0.05, 0) is 18.2 Å². The maximum absolute atomic E-state index is 11.4. The van der Waals surface area contributed by atoms with Crippen molar-refractivity contribution >= 4 is 47.4 Å². The van der Waals surface area contributed by atoms with Crippen molar-refractivity contribution in [1.82, 2.24) is 0 Å². The minimum absolute atomic E-state index is 0.278. The molecule has 1 amide bonds. The maximum Gasteiger partial charge on any atom is 0.242 e. The van der Waals surface area contributed by atoms with E-state index in [1.807, 2.05) is 0 Å². The van der Waals surface area contributed by atoms with Crippen molar-refractivity contribution in [2.24, 2.45) is 5.73 Å². The van der Waals surface area contributed by atoms with Crippen LogP contribution in [0.15, 0.2) is 18.2 Å². The SMILES string of the molecule is NC(CS)C(=O)Nc1cc(Cl)cc(Cl)c1. The number of anilines is 1. The molecule has 15 heavy (non-hydrogen) atoms. The summed E-state index contributed by atoms with van der Waals surface area (Å²) in [7, 11) is 0. The molecule has 82 valence electrons. The molecule has 3 nitrogen and oxygen atoms in total. The highest BCUT2D eigenvalue weighted by Gasteiger charge is 2.11. The molecule has 0 saturated heterocycles. The standard InChI is InChI=1S/C9H10Cl2N2OS/c10-5-1-6(11)3-7(2-5)13-9(14)8(12)4-15/h1-3,8,15H,4,12H2,(H,13,14). The second-order valence-corrected chi connectivity index (χ2v) is 4.17. The summed E-state index contributed by atoms with van der Waals surface area (Å²) in [6.45, 7) is 0. The molecule has 0 aliphatic heterocycles. The van der Waals surface area contributed by atoms with Crippen LogP contribution in [0.5, 0.6) is 0 Å². The van der Waals surface area contributed by atoms with Gasteiger partial charge in [-0.25, -0.2) is 0 Å². The van der Waals surface area contributed by atoms with Crippen molar-refractivity contribution in [3.8, 4) is 0 Å². The van der Waals surface area contributed by atoms with Crippen LogP contribution in [0.4, 0.5) is 5.69 Å². The second kappa shape index (κ2) is 5.61. The lowest BCUT2D eigenvalue weighted by atomic mass is 10.3. The fourth-order valence-electron chi connectivity index (χ4n) is 0.944. The quantitative estimate of drug-likeness (QED) is 0.734. The van der Waals surface area contributed by atoms with Gasteiger partial charge in [-0.1, -0.05) is 23.2 Å². The number of hydrogen-bond acceptors (Lipinski definition) is 3. The number of halogens is 2. The van der Waals surface area contributed by atoms with Gasteiger partial charge in [0.25, 0.3) is 0 Å². The Morgan fingerprint density at radius 1 is 1.40 bits per heavy atom. The van der Waals surface area contributed by atoms with Gasteiger partial charge in [0.15, 0.2) is 0 Å². The highest BCUT2D eigenvalue weighted by atomic mass is 35.5. The van der Waals surface area contributed by atoms with Gasteiger partial charge < -0.3 is 11.1 Å². The highest BCUT2D eigenvalue weighted by molar-refractivity contribution is 7.80. The van der Waals surface area contributed by atoms with Crippen molar-refractivity contribution in [3.05, 3.63) is 28.2 Å². The number of hydrogen-bond donors (Lipinski definition) is 3. The summed E-state index contributed by atoms with van der Waals surface area (Å²) in [6, 6.07) is 4.12. The van der Waals surface area contributed by atoms with Gasteiger partial charge in [-0.2, -0.15) is 12.6 Å². The summed E-state index contributed by atoms with van der Waals surface area (Å²) in [5.41, 5.74) is 6.01. The van der Waals surface area contributed by atoms with Crippen LogP contribution in [0.2, 0.25) is 10.0 Å². The van der Waals surface area contributed by atoms with Crippen LogP contribution in [0.25, 0.3) is 0 Å². The van der Waals surface area contributed by atoms with Crippen LogP contribution >= 0.6 is 35.8 Å². The average Bonchev–Trinajstić information content (AvgIpc) is 2.14. The minimum Gasteiger partial charge on any atom is -0.325 e. The first-order valence-electron chi connectivity index (χ1n) is 4.16. The lowest BCUT2D eigenvalue weighted by molar-refractivity contribution is -0.116. The third-order valence-corrected chi connectivity index (χ3v) is 2.49. The molecule has 1 unspecified atom stereocenters. The third kappa shape index (κ3) is 3.91. The van der Waals surface area contributed by atoms with E-state index >= 15 is 0 Å². The molecular weight excluding hydrogens is 255 g/mol. The molecule has 1 rings (SSSR count). The Bertz CT molecular complexity index is 353. The molecule has 3 N–H and O–H groups in total. The van der Waals surface area contributed by atoms with Crippen molar-refractivity contribution in [2.75, 3.05) is 11.1 Å². The first-order chi connectivity index (χ1) is 7.02. The van der Waals surface area contributed by atoms with Crippen LogP contribution < -0.4 is 11.1 Å². The molecule has 0 saturated carbocycles. The molecular formula is C9H10Cl2N2OS. The Balaban J connectivity index is 2.76. The van der Waals surface area contributed by atoms with Gasteiger partial charge in [0.05, 0.1) is 6.04 Å². The molecule has 0 bridgehead atoms. The summed E-state index contributed by atoms with van der Waals surface area (Å²) in [4.78, 5) is 11.4. The molecule has 0 aromatic heterocycles. The lowest BCUT2D eigenvalue weighted by Crippen LogP contribution is -2.37. The predicted octanol–water partition coefficient (Wildman–Crippen LogP) is 2.19. The Morgan fingerprint density at radius 2 is 1.93 bits per heavy atom. The van der Waals surface area contributed by atoms with Gasteiger partial charge >= 0.3 is 0 Å². The Kier molecular flexibility index (Phi) is 4.73. The monoisotopic (exact) mass is 264 g/mol. The first kappa shape index (κ1) is 12.6.